The summed E-state index contributed by atoms with van der Waals surface area (Å²) >= 11 is 0. The summed E-state index contributed by atoms with van der Waals surface area (Å²) in [5, 5.41) is 3.03. The zero-order valence-electron chi connectivity index (χ0n) is 11.8. The molecule has 0 aliphatic rings. The van der Waals surface area contributed by atoms with Gasteiger partial charge in [-0.05, 0) is 50.8 Å². The Kier molecular flexibility index (Phi) is 5.35. The SMILES string of the molecule is Cc1cccc(C(C)NC(=O)CCC(C)N)c1C. The molecule has 1 aromatic carbocycles. The highest BCUT2D eigenvalue weighted by Crippen LogP contribution is 2.20. The number of carbonyl (C=O) groups is 1. The van der Waals surface area contributed by atoms with Crippen LogP contribution in [0.3, 0.4) is 0 Å². The third-order valence-corrected chi connectivity index (χ3v) is 3.32. The molecule has 1 rings (SSSR count). The predicted octanol–water partition coefficient (Wildman–Crippen LogP) is 2.61. The summed E-state index contributed by atoms with van der Waals surface area (Å²) < 4.78 is 0. The van der Waals surface area contributed by atoms with Crippen molar-refractivity contribution in [1.82, 2.24) is 5.32 Å². The van der Waals surface area contributed by atoms with Gasteiger partial charge >= 0.3 is 0 Å². The van der Waals surface area contributed by atoms with Crippen molar-refractivity contribution >= 4 is 5.91 Å². The van der Waals surface area contributed by atoms with E-state index in [0.29, 0.717) is 6.42 Å². The van der Waals surface area contributed by atoms with Gasteiger partial charge in [0.25, 0.3) is 0 Å². The van der Waals surface area contributed by atoms with E-state index >= 15 is 0 Å². The van der Waals surface area contributed by atoms with Gasteiger partial charge in [0.15, 0.2) is 0 Å². The van der Waals surface area contributed by atoms with Gasteiger partial charge < -0.3 is 11.1 Å². The Morgan fingerprint density at radius 2 is 2.00 bits per heavy atom. The average molecular weight is 248 g/mol. The number of carbonyl (C=O) groups excluding carboxylic acids is 1. The van der Waals surface area contributed by atoms with Crippen molar-refractivity contribution in [2.45, 2.75) is 52.6 Å². The molecule has 2 unspecified atom stereocenters. The first kappa shape index (κ1) is 14.7. The molecule has 1 amide bonds. The van der Waals surface area contributed by atoms with Crippen LogP contribution in [0.4, 0.5) is 0 Å². The molecule has 0 saturated heterocycles. The summed E-state index contributed by atoms with van der Waals surface area (Å²) in [6, 6.07) is 6.31. The van der Waals surface area contributed by atoms with Gasteiger partial charge in [-0.1, -0.05) is 18.2 Å². The molecular weight excluding hydrogens is 224 g/mol. The highest BCUT2D eigenvalue weighted by molar-refractivity contribution is 5.76. The van der Waals surface area contributed by atoms with E-state index in [1.165, 1.54) is 16.7 Å². The van der Waals surface area contributed by atoms with Crippen LogP contribution in [0, 0.1) is 13.8 Å². The Bertz CT molecular complexity index is 413. The summed E-state index contributed by atoms with van der Waals surface area (Å²) in [5.41, 5.74) is 9.33. The van der Waals surface area contributed by atoms with Crippen LogP contribution >= 0.6 is 0 Å². The van der Waals surface area contributed by atoms with Gasteiger partial charge in [-0.2, -0.15) is 0 Å². The molecule has 3 N–H and O–H groups in total. The first-order valence-electron chi connectivity index (χ1n) is 6.53. The van der Waals surface area contributed by atoms with Crippen LogP contribution in [-0.2, 0) is 4.79 Å². The fourth-order valence-electron chi connectivity index (χ4n) is 1.99. The molecule has 0 aliphatic carbocycles. The molecule has 0 saturated carbocycles. The van der Waals surface area contributed by atoms with Crippen molar-refractivity contribution in [1.29, 1.82) is 0 Å². The Morgan fingerprint density at radius 1 is 1.33 bits per heavy atom. The van der Waals surface area contributed by atoms with E-state index in [9.17, 15) is 4.79 Å². The van der Waals surface area contributed by atoms with Gasteiger partial charge in [0.1, 0.15) is 0 Å². The average Bonchev–Trinajstić information content (AvgIpc) is 2.30. The molecule has 3 heteroatoms. The molecule has 0 heterocycles. The molecule has 0 spiro atoms. The number of rotatable bonds is 5. The van der Waals surface area contributed by atoms with E-state index in [4.69, 9.17) is 5.73 Å². The monoisotopic (exact) mass is 248 g/mol. The largest absolute Gasteiger partial charge is 0.350 e. The minimum absolute atomic E-state index is 0.0467. The van der Waals surface area contributed by atoms with E-state index in [1.54, 1.807) is 0 Å². The standard InChI is InChI=1S/C15H24N2O/c1-10-6-5-7-14(12(10)3)13(4)17-15(18)9-8-11(2)16/h5-7,11,13H,8-9,16H2,1-4H3,(H,17,18). The fraction of sp³-hybridized carbons (Fsp3) is 0.533. The van der Waals surface area contributed by atoms with Crippen LogP contribution in [0.1, 0.15) is 49.4 Å². The van der Waals surface area contributed by atoms with Gasteiger partial charge in [-0.3, -0.25) is 4.79 Å². The van der Waals surface area contributed by atoms with Crippen LogP contribution in [0.5, 0.6) is 0 Å². The maximum Gasteiger partial charge on any atom is 0.220 e. The summed E-state index contributed by atoms with van der Waals surface area (Å²) in [6.45, 7) is 8.12. The number of hydrogen-bond donors (Lipinski definition) is 2. The minimum Gasteiger partial charge on any atom is -0.350 e. The van der Waals surface area contributed by atoms with E-state index < -0.39 is 0 Å². The number of hydrogen-bond acceptors (Lipinski definition) is 2. The molecule has 0 bridgehead atoms. The first-order chi connectivity index (χ1) is 8.41. The van der Waals surface area contributed by atoms with Crippen LogP contribution in [-0.4, -0.2) is 11.9 Å². The van der Waals surface area contributed by atoms with E-state index in [1.807, 2.05) is 19.9 Å². The van der Waals surface area contributed by atoms with Gasteiger partial charge in [-0.15, -0.1) is 0 Å². The quantitative estimate of drug-likeness (QED) is 0.841. The highest BCUT2D eigenvalue weighted by Gasteiger charge is 2.12. The van der Waals surface area contributed by atoms with Crippen molar-refractivity contribution < 1.29 is 4.79 Å². The third kappa shape index (κ3) is 4.15. The first-order valence-corrected chi connectivity index (χ1v) is 6.53. The lowest BCUT2D eigenvalue weighted by molar-refractivity contribution is -0.121. The lowest BCUT2D eigenvalue weighted by Crippen LogP contribution is -2.28. The smallest absolute Gasteiger partial charge is 0.220 e. The van der Waals surface area contributed by atoms with Crippen LogP contribution < -0.4 is 11.1 Å². The number of benzene rings is 1. The Morgan fingerprint density at radius 3 is 2.61 bits per heavy atom. The number of aryl methyl sites for hydroxylation is 1. The van der Waals surface area contributed by atoms with Crippen LogP contribution in [0.2, 0.25) is 0 Å². The molecule has 1 aromatic rings. The highest BCUT2D eigenvalue weighted by atomic mass is 16.1. The molecule has 100 valence electrons. The lowest BCUT2D eigenvalue weighted by atomic mass is 9.98. The zero-order valence-corrected chi connectivity index (χ0v) is 11.8. The summed E-state index contributed by atoms with van der Waals surface area (Å²) in [7, 11) is 0. The predicted molar refractivity (Wildman–Crippen MR) is 75.4 cm³/mol. The molecule has 3 nitrogen and oxygen atoms in total. The molecule has 2 atom stereocenters. The summed E-state index contributed by atoms with van der Waals surface area (Å²) in [4.78, 5) is 11.8. The Balaban J connectivity index is 2.62. The van der Waals surface area contributed by atoms with Gasteiger partial charge in [0.2, 0.25) is 5.91 Å². The van der Waals surface area contributed by atoms with Crippen molar-refractivity contribution in [3.05, 3.63) is 34.9 Å². The summed E-state index contributed by atoms with van der Waals surface area (Å²) in [5.74, 6) is 0.0701. The van der Waals surface area contributed by atoms with Gasteiger partial charge in [0.05, 0.1) is 6.04 Å². The fourth-order valence-corrected chi connectivity index (χ4v) is 1.99. The lowest BCUT2D eigenvalue weighted by Gasteiger charge is -2.18. The summed E-state index contributed by atoms with van der Waals surface area (Å²) in [6.07, 6.45) is 1.22. The Labute approximate surface area is 110 Å². The zero-order chi connectivity index (χ0) is 13.7. The van der Waals surface area contributed by atoms with Crippen molar-refractivity contribution in [3.63, 3.8) is 0 Å². The van der Waals surface area contributed by atoms with E-state index in [2.05, 4.69) is 31.3 Å². The van der Waals surface area contributed by atoms with Crippen molar-refractivity contribution in [2.75, 3.05) is 0 Å². The molecule has 0 fully saturated rings. The second-order valence-corrected chi connectivity index (χ2v) is 5.09. The van der Waals surface area contributed by atoms with Crippen LogP contribution in [0.15, 0.2) is 18.2 Å². The second kappa shape index (κ2) is 6.55. The maximum absolute atomic E-state index is 11.8. The topological polar surface area (TPSA) is 55.1 Å². The molecule has 0 aliphatic heterocycles. The van der Waals surface area contributed by atoms with Crippen molar-refractivity contribution in [3.8, 4) is 0 Å². The Hall–Kier alpha value is -1.35. The normalized spacial score (nSPS) is 14.1. The molecular formula is C15H24N2O. The van der Waals surface area contributed by atoms with E-state index in [0.717, 1.165) is 6.42 Å². The molecule has 0 radical (unpaired) electrons. The van der Waals surface area contributed by atoms with Crippen molar-refractivity contribution in [2.24, 2.45) is 5.73 Å². The molecule has 18 heavy (non-hydrogen) atoms. The van der Waals surface area contributed by atoms with Gasteiger partial charge in [-0.25, -0.2) is 0 Å². The molecule has 0 aromatic heterocycles. The van der Waals surface area contributed by atoms with E-state index in [-0.39, 0.29) is 18.0 Å². The van der Waals surface area contributed by atoms with Crippen LogP contribution in [0.25, 0.3) is 0 Å². The van der Waals surface area contributed by atoms with Gasteiger partial charge in [0, 0.05) is 12.5 Å². The maximum atomic E-state index is 11.8. The second-order valence-electron chi connectivity index (χ2n) is 5.09. The number of amides is 1. The minimum atomic E-state index is 0.0467. The number of nitrogens with two attached hydrogens (primary N) is 1. The third-order valence-electron chi connectivity index (χ3n) is 3.32. The number of nitrogens with one attached hydrogen (secondary N) is 1.